The highest BCUT2D eigenvalue weighted by Gasteiger charge is 2.31. The van der Waals surface area contributed by atoms with E-state index in [1.807, 2.05) is 52.0 Å². The molecule has 0 bridgehead atoms. The van der Waals surface area contributed by atoms with Crippen LogP contribution in [0.25, 0.3) is 0 Å². The number of hydrogen-bond acceptors (Lipinski definition) is 3. The predicted octanol–water partition coefficient (Wildman–Crippen LogP) is 7.24. The van der Waals surface area contributed by atoms with Gasteiger partial charge in [0, 0.05) is 44.0 Å². The highest BCUT2D eigenvalue weighted by Crippen LogP contribution is 2.28. The van der Waals surface area contributed by atoms with Gasteiger partial charge in [-0.3, -0.25) is 9.59 Å². The lowest BCUT2D eigenvalue weighted by Crippen LogP contribution is -2.53. The highest BCUT2D eigenvalue weighted by atomic mass is 35.5. The number of carbonyl (C=O) groups is 2. The van der Waals surface area contributed by atoms with Gasteiger partial charge in [0.25, 0.3) is 0 Å². The Hall–Kier alpha value is -1.40. The molecule has 33 heavy (non-hydrogen) atoms. The number of nitrogens with one attached hydrogen (secondary N) is 1. The SMILES string of the molecule is CC[C@@H](C(=O)NC(C)(C)C)N(Cc1c(Cl)cccc1Cl)C(=O)CCCSc1ccc(Cl)cc1. The highest BCUT2D eigenvalue weighted by molar-refractivity contribution is 7.99. The third kappa shape index (κ3) is 9.05. The summed E-state index contributed by atoms with van der Waals surface area (Å²) in [7, 11) is 0. The second-order valence-electron chi connectivity index (χ2n) is 8.79. The van der Waals surface area contributed by atoms with Crippen LogP contribution < -0.4 is 5.32 Å². The van der Waals surface area contributed by atoms with Gasteiger partial charge in [-0.1, -0.05) is 47.8 Å². The molecule has 0 heterocycles. The van der Waals surface area contributed by atoms with E-state index >= 15 is 0 Å². The van der Waals surface area contributed by atoms with Crippen LogP contribution in [0.2, 0.25) is 15.1 Å². The molecule has 8 heteroatoms. The lowest BCUT2D eigenvalue weighted by molar-refractivity contribution is -0.142. The summed E-state index contributed by atoms with van der Waals surface area (Å²) in [5, 5.41) is 4.65. The molecule has 4 nitrogen and oxygen atoms in total. The first-order chi connectivity index (χ1) is 15.5. The number of rotatable bonds is 10. The van der Waals surface area contributed by atoms with E-state index in [4.69, 9.17) is 34.8 Å². The first-order valence-electron chi connectivity index (χ1n) is 10.9. The van der Waals surface area contributed by atoms with Crippen molar-refractivity contribution < 1.29 is 9.59 Å². The zero-order chi connectivity index (χ0) is 24.6. The minimum Gasteiger partial charge on any atom is -0.350 e. The van der Waals surface area contributed by atoms with Crippen LogP contribution in [0.1, 0.15) is 52.5 Å². The zero-order valence-corrected chi connectivity index (χ0v) is 22.5. The molecular formula is C25H31Cl3N2O2S. The van der Waals surface area contributed by atoms with E-state index < -0.39 is 11.6 Å². The molecule has 180 valence electrons. The number of amides is 2. The van der Waals surface area contributed by atoms with E-state index in [1.54, 1.807) is 34.9 Å². The van der Waals surface area contributed by atoms with Gasteiger partial charge < -0.3 is 10.2 Å². The Bertz CT molecular complexity index is 925. The van der Waals surface area contributed by atoms with Crippen LogP contribution in [0, 0.1) is 0 Å². The molecule has 2 aromatic rings. The van der Waals surface area contributed by atoms with Gasteiger partial charge in [0.15, 0.2) is 0 Å². The van der Waals surface area contributed by atoms with Crippen LogP contribution in [0.4, 0.5) is 0 Å². The van der Waals surface area contributed by atoms with Crippen molar-refractivity contribution in [3.05, 3.63) is 63.1 Å². The standard InChI is InChI=1S/C25H31Cl3N2O2S/c1-5-22(24(32)29-25(2,3)4)30(16-19-20(27)8-6-9-21(19)28)23(31)10-7-15-33-18-13-11-17(26)12-14-18/h6,8-9,11-14,22H,5,7,10,15-16H2,1-4H3,(H,29,32)/t22-/m0/s1. The summed E-state index contributed by atoms with van der Waals surface area (Å²) in [5.74, 6) is 0.495. The molecule has 0 radical (unpaired) electrons. The van der Waals surface area contributed by atoms with Gasteiger partial charge >= 0.3 is 0 Å². The third-order valence-corrected chi connectivity index (χ3v) is 6.95. The van der Waals surface area contributed by atoms with Crippen LogP contribution in [-0.2, 0) is 16.1 Å². The molecular weight excluding hydrogens is 499 g/mol. The molecule has 0 aliphatic heterocycles. The average Bonchev–Trinajstić information content (AvgIpc) is 2.73. The van der Waals surface area contributed by atoms with Gasteiger partial charge in [-0.25, -0.2) is 0 Å². The largest absolute Gasteiger partial charge is 0.350 e. The summed E-state index contributed by atoms with van der Waals surface area (Å²) in [4.78, 5) is 29.1. The van der Waals surface area contributed by atoms with Crippen molar-refractivity contribution in [1.29, 1.82) is 0 Å². The fourth-order valence-electron chi connectivity index (χ4n) is 3.31. The fourth-order valence-corrected chi connectivity index (χ4v) is 4.81. The van der Waals surface area contributed by atoms with Crippen molar-refractivity contribution in [1.82, 2.24) is 10.2 Å². The molecule has 0 aromatic heterocycles. The monoisotopic (exact) mass is 528 g/mol. The van der Waals surface area contributed by atoms with Gasteiger partial charge in [0.2, 0.25) is 11.8 Å². The lowest BCUT2D eigenvalue weighted by atomic mass is 10.0. The van der Waals surface area contributed by atoms with E-state index in [0.29, 0.717) is 39.9 Å². The van der Waals surface area contributed by atoms with E-state index in [1.165, 1.54) is 0 Å². The van der Waals surface area contributed by atoms with Crippen LogP contribution in [-0.4, -0.2) is 34.0 Å². The lowest BCUT2D eigenvalue weighted by Gasteiger charge is -2.33. The first kappa shape index (κ1) is 27.8. The Morgan fingerprint density at radius 2 is 1.64 bits per heavy atom. The van der Waals surface area contributed by atoms with Crippen LogP contribution in [0.15, 0.2) is 47.4 Å². The summed E-state index contributed by atoms with van der Waals surface area (Å²) < 4.78 is 0. The molecule has 0 aliphatic carbocycles. The molecule has 0 aliphatic rings. The quantitative estimate of drug-likeness (QED) is 0.261. The van der Waals surface area contributed by atoms with Crippen molar-refractivity contribution >= 4 is 58.4 Å². The Kier molecular flexibility index (Phi) is 10.9. The molecule has 1 N–H and O–H groups in total. The minimum atomic E-state index is -0.618. The van der Waals surface area contributed by atoms with Gasteiger partial charge in [-0.2, -0.15) is 0 Å². The van der Waals surface area contributed by atoms with Crippen molar-refractivity contribution in [2.75, 3.05) is 5.75 Å². The van der Waals surface area contributed by atoms with Crippen LogP contribution in [0.5, 0.6) is 0 Å². The normalized spacial score (nSPS) is 12.3. The topological polar surface area (TPSA) is 49.4 Å². The van der Waals surface area contributed by atoms with Gasteiger partial charge in [0.1, 0.15) is 6.04 Å². The number of halogens is 3. The second kappa shape index (κ2) is 12.9. The summed E-state index contributed by atoms with van der Waals surface area (Å²) in [6, 6.07) is 12.3. The van der Waals surface area contributed by atoms with Crippen molar-refractivity contribution in [2.24, 2.45) is 0 Å². The number of carbonyl (C=O) groups excluding carboxylic acids is 2. The number of thioether (sulfide) groups is 1. The molecule has 2 rings (SSSR count). The maximum absolute atomic E-state index is 13.3. The van der Waals surface area contributed by atoms with Gasteiger partial charge in [-0.05, 0) is 75.8 Å². The summed E-state index contributed by atoms with van der Waals surface area (Å²) >= 11 is 20.4. The number of nitrogens with zero attached hydrogens (tertiary/aromatic N) is 1. The molecule has 0 saturated carbocycles. The van der Waals surface area contributed by atoms with Crippen molar-refractivity contribution in [3.63, 3.8) is 0 Å². The van der Waals surface area contributed by atoms with Gasteiger partial charge in [-0.15, -0.1) is 11.8 Å². The summed E-state index contributed by atoms with van der Waals surface area (Å²) in [6.45, 7) is 7.84. The van der Waals surface area contributed by atoms with E-state index in [9.17, 15) is 9.59 Å². The zero-order valence-electron chi connectivity index (χ0n) is 19.5. The molecule has 2 aromatic carbocycles. The smallest absolute Gasteiger partial charge is 0.243 e. The Balaban J connectivity index is 2.14. The number of hydrogen-bond donors (Lipinski definition) is 1. The summed E-state index contributed by atoms with van der Waals surface area (Å²) in [5.41, 5.74) is 0.239. The third-order valence-electron chi connectivity index (χ3n) is 4.89. The van der Waals surface area contributed by atoms with Crippen LogP contribution in [0.3, 0.4) is 0 Å². The van der Waals surface area contributed by atoms with Crippen molar-refractivity contribution in [2.45, 2.75) is 70.0 Å². The summed E-state index contributed by atoms with van der Waals surface area (Å²) in [6.07, 6.45) is 1.48. The molecule has 0 fully saturated rings. The Morgan fingerprint density at radius 3 is 2.18 bits per heavy atom. The van der Waals surface area contributed by atoms with Gasteiger partial charge in [0.05, 0.1) is 0 Å². The van der Waals surface area contributed by atoms with E-state index in [0.717, 1.165) is 10.6 Å². The van der Waals surface area contributed by atoms with E-state index in [-0.39, 0.29) is 18.4 Å². The van der Waals surface area contributed by atoms with E-state index in [2.05, 4.69) is 5.32 Å². The Morgan fingerprint density at radius 1 is 1.03 bits per heavy atom. The molecule has 1 atom stereocenters. The maximum atomic E-state index is 13.3. The number of benzene rings is 2. The van der Waals surface area contributed by atoms with Crippen LogP contribution >= 0.6 is 46.6 Å². The molecule has 0 unspecified atom stereocenters. The molecule has 0 spiro atoms. The molecule has 0 saturated heterocycles. The minimum absolute atomic E-state index is 0.0985. The average molecular weight is 530 g/mol. The maximum Gasteiger partial charge on any atom is 0.243 e. The molecule has 2 amide bonds. The predicted molar refractivity (Wildman–Crippen MR) is 140 cm³/mol. The first-order valence-corrected chi connectivity index (χ1v) is 13.1. The fraction of sp³-hybridized carbons (Fsp3) is 0.440. The second-order valence-corrected chi connectivity index (χ2v) is 11.2. The van der Waals surface area contributed by atoms with Crippen molar-refractivity contribution in [3.8, 4) is 0 Å². The Labute approximate surface area is 216 Å².